The number of hydrogen-bond acceptors (Lipinski definition) is 4. The summed E-state index contributed by atoms with van der Waals surface area (Å²) in [6, 6.07) is 2.11. The SMILES string of the molecule is CCOC(=O)N(C)CCc1c2c(cc3c1OCC3)OCC2. The molecule has 1 aromatic rings. The molecular formula is C16H21NO4. The zero-order valence-electron chi connectivity index (χ0n) is 12.6. The Kier molecular flexibility index (Phi) is 3.90. The normalized spacial score (nSPS) is 15.0. The molecule has 0 bridgehead atoms. The van der Waals surface area contributed by atoms with Gasteiger partial charge < -0.3 is 19.1 Å². The van der Waals surface area contributed by atoms with E-state index < -0.39 is 0 Å². The first-order valence-electron chi connectivity index (χ1n) is 7.51. The first-order chi connectivity index (χ1) is 10.2. The van der Waals surface area contributed by atoms with Crippen LogP contribution in [0.1, 0.15) is 23.6 Å². The third kappa shape index (κ3) is 2.64. The fourth-order valence-electron chi connectivity index (χ4n) is 2.95. The minimum Gasteiger partial charge on any atom is -0.493 e. The summed E-state index contributed by atoms with van der Waals surface area (Å²) >= 11 is 0. The molecule has 0 spiro atoms. The van der Waals surface area contributed by atoms with Crippen molar-refractivity contribution in [3.8, 4) is 11.5 Å². The third-order valence-corrected chi connectivity index (χ3v) is 4.04. The van der Waals surface area contributed by atoms with Gasteiger partial charge in [0.2, 0.25) is 0 Å². The maximum Gasteiger partial charge on any atom is 0.409 e. The molecule has 0 atom stereocenters. The van der Waals surface area contributed by atoms with E-state index in [4.69, 9.17) is 14.2 Å². The molecule has 2 heterocycles. The standard InChI is InChI=1S/C16H21NO4/c1-3-19-16(18)17(2)7-4-13-12-6-9-20-14(12)10-11-5-8-21-15(11)13/h10H,3-9H2,1-2H3. The Morgan fingerprint density at radius 1 is 1.33 bits per heavy atom. The Morgan fingerprint density at radius 3 is 2.95 bits per heavy atom. The molecule has 0 fully saturated rings. The highest BCUT2D eigenvalue weighted by Crippen LogP contribution is 2.40. The summed E-state index contributed by atoms with van der Waals surface area (Å²) in [5, 5.41) is 0. The largest absolute Gasteiger partial charge is 0.493 e. The van der Waals surface area contributed by atoms with Crippen molar-refractivity contribution in [1.82, 2.24) is 4.90 Å². The lowest BCUT2D eigenvalue weighted by molar-refractivity contribution is 0.116. The Morgan fingerprint density at radius 2 is 2.14 bits per heavy atom. The van der Waals surface area contributed by atoms with Crippen LogP contribution in [0, 0.1) is 0 Å². The molecule has 1 aromatic carbocycles. The predicted octanol–water partition coefficient (Wildman–Crippen LogP) is 2.19. The Balaban J connectivity index is 1.78. The molecule has 2 aliphatic rings. The number of fused-ring (bicyclic) bond motifs is 2. The van der Waals surface area contributed by atoms with Crippen molar-refractivity contribution in [1.29, 1.82) is 0 Å². The lowest BCUT2D eigenvalue weighted by Gasteiger charge is -2.18. The lowest BCUT2D eigenvalue weighted by atomic mass is 9.97. The summed E-state index contributed by atoms with van der Waals surface area (Å²) in [5.41, 5.74) is 3.67. The molecule has 5 nitrogen and oxygen atoms in total. The van der Waals surface area contributed by atoms with Crippen LogP contribution in [0.25, 0.3) is 0 Å². The van der Waals surface area contributed by atoms with Gasteiger partial charge in [0.15, 0.2) is 0 Å². The minimum atomic E-state index is -0.279. The maximum absolute atomic E-state index is 11.7. The van der Waals surface area contributed by atoms with Crippen LogP contribution in [0.15, 0.2) is 6.07 Å². The number of ether oxygens (including phenoxy) is 3. The van der Waals surface area contributed by atoms with Crippen LogP contribution in [-0.2, 0) is 24.0 Å². The van der Waals surface area contributed by atoms with E-state index in [1.54, 1.807) is 11.9 Å². The molecule has 0 unspecified atom stereocenters. The molecule has 0 saturated carbocycles. The first-order valence-corrected chi connectivity index (χ1v) is 7.51. The van der Waals surface area contributed by atoms with Gasteiger partial charge in [-0.2, -0.15) is 0 Å². The van der Waals surface area contributed by atoms with Crippen LogP contribution in [-0.4, -0.2) is 44.4 Å². The van der Waals surface area contributed by atoms with E-state index in [0.29, 0.717) is 13.2 Å². The van der Waals surface area contributed by atoms with E-state index in [-0.39, 0.29) is 6.09 Å². The highest BCUT2D eigenvalue weighted by Gasteiger charge is 2.26. The van der Waals surface area contributed by atoms with E-state index in [9.17, 15) is 4.79 Å². The second-order valence-corrected chi connectivity index (χ2v) is 5.39. The smallest absolute Gasteiger partial charge is 0.409 e. The fraction of sp³-hybridized carbons (Fsp3) is 0.562. The summed E-state index contributed by atoms with van der Waals surface area (Å²) < 4.78 is 16.5. The second-order valence-electron chi connectivity index (χ2n) is 5.39. The second kappa shape index (κ2) is 5.84. The lowest BCUT2D eigenvalue weighted by Crippen LogP contribution is -2.29. The van der Waals surface area contributed by atoms with Gasteiger partial charge in [0.05, 0.1) is 19.8 Å². The molecule has 0 aromatic heterocycles. The van der Waals surface area contributed by atoms with E-state index in [0.717, 1.165) is 44.0 Å². The fourth-order valence-corrected chi connectivity index (χ4v) is 2.95. The summed E-state index contributed by atoms with van der Waals surface area (Å²) in [7, 11) is 1.76. The van der Waals surface area contributed by atoms with E-state index in [2.05, 4.69) is 6.07 Å². The number of rotatable bonds is 4. The van der Waals surface area contributed by atoms with Gasteiger partial charge >= 0.3 is 6.09 Å². The zero-order valence-corrected chi connectivity index (χ0v) is 12.6. The number of benzene rings is 1. The van der Waals surface area contributed by atoms with Gasteiger partial charge in [-0.1, -0.05) is 0 Å². The van der Waals surface area contributed by atoms with Gasteiger partial charge in [0.25, 0.3) is 0 Å². The van der Waals surface area contributed by atoms with Crippen LogP contribution in [0.5, 0.6) is 11.5 Å². The monoisotopic (exact) mass is 291 g/mol. The first kappa shape index (κ1) is 14.0. The number of carbonyl (C=O) groups is 1. The number of amides is 1. The molecule has 0 N–H and O–H groups in total. The topological polar surface area (TPSA) is 48.0 Å². The van der Waals surface area contributed by atoms with E-state index in [1.807, 2.05) is 6.92 Å². The van der Waals surface area contributed by atoms with Crippen molar-refractivity contribution in [3.05, 3.63) is 22.8 Å². The van der Waals surface area contributed by atoms with Crippen molar-refractivity contribution < 1.29 is 19.0 Å². The van der Waals surface area contributed by atoms with E-state index >= 15 is 0 Å². The highest BCUT2D eigenvalue weighted by atomic mass is 16.6. The van der Waals surface area contributed by atoms with Crippen LogP contribution in [0.3, 0.4) is 0 Å². The van der Waals surface area contributed by atoms with Gasteiger partial charge in [0, 0.05) is 43.1 Å². The van der Waals surface area contributed by atoms with Crippen LogP contribution in [0.4, 0.5) is 4.79 Å². The molecule has 2 aliphatic heterocycles. The van der Waals surface area contributed by atoms with Gasteiger partial charge in [-0.3, -0.25) is 0 Å². The average molecular weight is 291 g/mol. The van der Waals surface area contributed by atoms with Gasteiger partial charge in [-0.15, -0.1) is 0 Å². The van der Waals surface area contributed by atoms with Crippen molar-refractivity contribution >= 4 is 6.09 Å². The Hall–Kier alpha value is -1.91. The summed E-state index contributed by atoms with van der Waals surface area (Å²) in [6.45, 7) is 4.30. The van der Waals surface area contributed by atoms with Crippen molar-refractivity contribution in [2.45, 2.75) is 26.2 Å². The molecule has 1 amide bonds. The molecule has 114 valence electrons. The van der Waals surface area contributed by atoms with Crippen LogP contribution < -0.4 is 9.47 Å². The Bertz CT molecular complexity index is 523. The maximum atomic E-state index is 11.7. The molecule has 5 heteroatoms. The summed E-state index contributed by atoms with van der Waals surface area (Å²) in [6.07, 6.45) is 2.35. The van der Waals surface area contributed by atoms with Gasteiger partial charge in [-0.25, -0.2) is 4.79 Å². The van der Waals surface area contributed by atoms with E-state index in [1.165, 1.54) is 16.7 Å². The summed E-state index contributed by atoms with van der Waals surface area (Å²) in [5.74, 6) is 2.00. The van der Waals surface area contributed by atoms with Gasteiger partial charge in [0.1, 0.15) is 11.5 Å². The van der Waals surface area contributed by atoms with Crippen molar-refractivity contribution in [2.24, 2.45) is 0 Å². The number of nitrogens with zero attached hydrogens (tertiary/aromatic N) is 1. The zero-order chi connectivity index (χ0) is 14.8. The van der Waals surface area contributed by atoms with Crippen LogP contribution in [0.2, 0.25) is 0 Å². The predicted molar refractivity (Wildman–Crippen MR) is 78.2 cm³/mol. The van der Waals surface area contributed by atoms with Crippen molar-refractivity contribution in [3.63, 3.8) is 0 Å². The average Bonchev–Trinajstić information content (AvgIpc) is 3.11. The Labute approximate surface area is 124 Å². The van der Waals surface area contributed by atoms with Crippen molar-refractivity contribution in [2.75, 3.05) is 33.4 Å². The molecule has 0 aliphatic carbocycles. The molecular weight excluding hydrogens is 270 g/mol. The number of likely N-dealkylation sites (N-methyl/N-ethyl adjacent to an activating group) is 1. The minimum absolute atomic E-state index is 0.279. The molecule has 3 rings (SSSR count). The highest BCUT2D eigenvalue weighted by molar-refractivity contribution is 5.67. The molecule has 0 radical (unpaired) electrons. The van der Waals surface area contributed by atoms with Crippen LogP contribution >= 0.6 is 0 Å². The van der Waals surface area contributed by atoms with Gasteiger partial charge in [-0.05, 0) is 19.4 Å². The number of carbonyl (C=O) groups excluding carboxylic acids is 1. The molecule has 21 heavy (non-hydrogen) atoms. The molecule has 0 saturated heterocycles. The quantitative estimate of drug-likeness (QED) is 0.853. The third-order valence-electron chi connectivity index (χ3n) is 4.04. The number of hydrogen-bond donors (Lipinski definition) is 0. The summed E-state index contributed by atoms with van der Waals surface area (Å²) in [4.78, 5) is 13.3.